The first-order chi connectivity index (χ1) is 9.88. The summed E-state index contributed by atoms with van der Waals surface area (Å²) in [4.78, 5) is 10.6. The van der Waals surface area contributed by atoms with Gasteiger partial charge in [-0.2, -0.15) is 0 Å². The maximum atomic E-state index is 13.0. The molecule has 1 heterocycles. The van der Waals surface area contributed by atoms with Crippen LogP contribution in [0.25, 0.3) is 0 Å². The lowest BCUT2D eigenvalue weighted by Gasteiger charge is -2.04. The summed E-state index contributed by atoms with van der Waals surface area (Å²) in [5, 5.41) is 8.20. The summed E-state index contributed by atoms with van der Waals surface area (Å²) in [5.74, 6) is -2.20. The zero-order valence-corrected chi connectivity index (χ0v) is 11.6. The summed E-state index contributed by atoms with van der Waals surface area (Å²) in [6.45, 7) is 0.0366. The third kappa shape index (κ3) is 3.89. The van der Waals surface area contributed by atoms with Gasteiger partial charge in [0.1, 0.15) is 5.82 Å². The van der Waals surface area contributed by atoms with Gasteiger partial charge < -0.3 is 9.52 Å². The van der Waals surface area contributed by atoms with Gasteiger partial charge in [0.05, 0.1) is 0 Å². The quantitative estimate of drug-likeness (QED) is 0.845. The Labute approximate surface area is 120 Å². The number of rotatable bonds is 6. The summed E-state index contributed by atoms with van der Waals surface area (Å²) >= 11 is 0. The van der Waals surface area contributed by atoms with Crippen LogP contribution in [-0.2, 0) is 16.4 Å². The van der Waals surface area contributed by atoms with Crippen molar-refractivity contribution < 1.29 is 27.1 Å². The molecule has 112 valence electrons. The minimum Gasteiger partial charge on any atom is -0.475 e. The lowest BCUT2D eigenvalue weighted by Crippen LogP contribution is -2.25. The van der Waals surface area contributed by atoms with Gasteiger partial charge in [0.2, 0.25) is 10.9 Å². The molecule has 2 N–H and O–H groups in total. The fourth-order valence-corrected chi connectivity index (χ4v) is 2.63. The first-order valence-corrected chi connectivity index (χ1v) is 7.44. The van der Waals surface area contributed by atoms with Crippen molar-refractivity contribution in [1.29, 1.82) is 0 Å². The van der Waals surface area contributed by atoms with Crippen LogP contribution >= 0.6 is 0 Å². The number of halogens is 1. The number of sulfonamides is 1. The van der Waals surface area contributed by atoms with Gasteiger partial charge in [-0.3, -0.25) is 0 Å². The molecular formula is C13H12FNO5S. The number of hydrogen-bond donors (Lipinski definition) is 2. The Bertz CT molecular complexity index is 753. The molecule has 0 spiro atoms. The molecule has 0 fully saturated rings. The monoisotopic (exact) mass is 313 g/mol. The van der Waals surface area contributed by atoms with Gasteiger partial charge >= 0.3 is 5.97 Å². The molecule has 0 saturated carbocycles. The second-order valence-corrected chi connectivity index (χ2v) is 5.90. The summed E-state index contributed by atoms with van der Waals surface area (Å²) in [7, 11) is -3.93. The van der Waals surface area contributed by atoms with Crippen molar-refractivity contribution in [2.24, 2.45) is 0 Å². The van der Waals surface area contributed by atoms with Crippen molar-refractivity contribution in [3.63, 3.8) is 0 Å². The van der Waals surface area contributed by atoms with Crippen molar-refractivity contribution in [1.82, 2.24) is 4.72 Å². The topological polar surface area (TPSA) is 96.6 Å². The molecule has 0 aliphatic heterocycles. The molecule has 2 aromatic rings. The maximum Gasteiger partial charge on any atom is 0.371 e. The van der Waals surface area contributed by atoms with Gasteiger partial charge in [0.25, 0.3) is 10.0 Å². The number of carboxylic acids is 1. The third-order valence-corrected chi connectivity index (χ3v) is 3.99. The van der Waals surface area contributed by atoms with Crippen molar-refractivity contribution in [3.8, 4) is 0 Å². The molecule has 6 nitrogen and oxygen atoms in total. The predicted molar refractivity (Wildman–Crippen MR) is 71.0 cm³/mol. The molecule has 1 aromatic carbocycles. The average Bonchev–Trinajstić information content (AvgIpc) is 2.89. The second kappa shape index (κ2) is 6.06. The molecule has 0 aliphatic rings. The first-order valence-electron chi connectivity index (χ1n) is 5.96. The van der Waals surface area contributed by atoms with Crippen LogP contribution in [0.15, 0.2) is 45.9 Å². The Morgan fingerprint density at radius 3 is 2.67 bits per heavy atom. The molecule has 0 radical (unpaired) electrons. The fraction of sp³-hybridized carbons (Fsp3) is 0.154. The van der Waals surface area contributed by atoms with Crippen molar-refractivity contribution in [3.05, 3.63) is 53.5 Å². The highest BCUT2D eigenvalue weighted by Gasteiger charge is 2.20. The van der Waals surface area contributed by atoms with E-state index >= 15 is 0 Å². The Balaban J connectivity index is 1.99. The number of carboxylic acid groups (broad SMARTS) is 1. The smallest absolute Gasteiger partial charge is 0.371 e. The molecule has 0 bridgehead atoms. The number of carbonyl (C=O) groups is 1. The number of benzene rings is 1. The molecule has 1 aromatic heterocycles. The molecule has 8 heteroatoms. The Kier molecular flexibility index (Phi) is 4.39. The minimum absolute atomic E-state index is 0.0366. The number of furan rings is 1. The number of nitrogens with one attached hydrogen (secondary N) is 1. The summed E-state index contributed by atoms with van der Waals surface area (Å²) in [6.07, 6.45) is 0.295. The summed E-state index contributed by atoms with van der Waals surface area (Å²) in [6, 6.07) is 7.93. The molecule has 21 heavy (non-hydrogen) atoms. The van der Waals surface area contributed by atoms with E-state index in [2.05, 4.69) is 4.72 Å². The normalized spacial score (nSPS) is 11.5. The molecular weight excluding hydrogens is 301 g/mol. The van der Waals surface area contributed by atoms with Crippen LogP contribution in [0.4, 0.5) is 4.39 Å². The SMILES string of the molecule is O=C(O)c1ccc(S(=O)(=O)NCCc2cccc(F)c2)o1. The van der Waals surface area contributed by atoms with Crippen LogP contribution in [0.2, 0.25) is 0 Å². The maximum absolute atomic E-state index is 13.0. The van der Waals surface area contributed by atoms with E-state index in [1.165, 1.54) is 18.2 Å². The van der Waals surface area contributed by atoms with Crippen LogP contribution in [0.3, 0.4) is 0 Å². The Morgan fingerprint density at radius 2 is 2.05 bits per heavy atom. The average molecular weight is 313 g/mol. The highest BCUT2D eigenvalue weighted by molar-refractivity contribution is 7.89. The zero-order chi connectivity index (χ0) is 15.5. The van der Waals surface area contributed by atoms with Crippen LogP contribution in [0.5, 0.6) is 0 Å². The van der Waals surface area contributed by atoms with Gasteiger partial charge in [-0.15, -0.1) is 0 Å². The fourth-order valence-electron chi connectivity index (χ4n) is 1.67. The molecule has 0 saturated heterocycles. The Morgan fingerprint density at radius 1 is 1.29 bits per heavy atom. The van der Waals surface area contributed by atoms with E-state index in [4.69, 9.17) is 9.52 Å². The lowest BCUT2D eigenvalue weighted by atomic mass is 10.1. The summed E-state index contributed by atoms with van der Waals surface area (Å²) in [5.41, 5.74) is 0.642. The van der Waals surface area contributed by atoms with Gasteiger partial charge in [-0.25, -0.2) is 22.3 Å². The van der Waals surface area contributed by atoms with Crippen LogP contribution in [0, 0.1) is 5.82 Å². The molecule has 2 rings (SSSR count). The van der Waals surface area contributed by atoms with E-state index in [0.29, 0.717) is 12.0 Å². The van der Waals surface area contributed by atoms with Gasteiger partial charge in [-0.05, 0) is 36.2 Å². The molecule has 0 aliphatic carbocycles. The van der Waals surface area contributed by atoms with Crippen LogP contribution < -0.4 is 4.72 Å². The van der Waals surface area contributed by atoms with Crippen LogP contribution in [-0.4, -0.2) is 26.0 Å². The minimum atomic E-state index is -3.93. The standard InChI is InChI=1S/C13H12FNO5S/c14-10-3-1-2-9(8-10)6-7-15-21(18,19)12-5-4-11(20-12)13(16)17/h1-5,8,15H,6-7H2,(H,16,17). The van der Waals surface area contributed by atoms with E-state index in [-0.39, 0.29) is 6.54 Å². The number of aromatic carboxylic acids is 1. The summed E-state index contributed by atoms with van der Waals surface area (Å²) < 4.78 is 43.6. The van der Waals surface area contributed by atoms with E-state index < -0.39 is 32.7 Å². The predicted octanol–water partition coefficient (Wildman–Crippen LogP) is 1.64. The number of hydrogen-bond acceptors (Lipinski definition) is 4. The Hall–Kier alpha value is -2.19. The molecule has 0 unspecified atom stereocenters. The lowest BCUT2D eigenvalue weighted by molar-refractivity contribution is 0.0656. The van der Waals surface area contributed by atoms with Crippen molar-refractivity contribution >= 4 is 16.0 Å². The van der Waals surface area contributed by atoms with Crippen molar-refractivity contribution in [2.75, 3.05) is 6.54 Å². The molecule has 0 atom stereocenters. The van der Waals surface area contributed by atoms with E-state index in [1.54, 1.807) is 6.07 Å². The highest BCUT2D eigenvalue weighted by Crippen LogP contribution is 2.13. The van der Waals surface area contributed by atoms with Crippen LogP contribution in [0.1, 0.15) is 16.1 Å². The van der Waals surface area contributed by atoms with Crippen molar-refractivity contribution in [2.45, 2.75) is 11.5 Å². The van der Waals surface area contributed by atoms with E-state index in [0.717, 1.165) is 12.1 Å². The largest absolute Gasteiger partial charge is 0.475 e. The van der Waals surface area contributed by atoms with E-state index in [9.17, 15) is 17.6 Å². The molecule has 0 amide bonds. The first kappa shape index (κ1) is 15.2. The van der Waals surface area contributed by atoms with Gasteiger partial charge in [-0.1, -0.05) is 12.1 Å². The third-order valence-electron chi connectivity index (χ3n) is 2.65. The van der Waals surface area contributed by atoms with Gasteiger partial charge in [0.15, 0.2) is 0 Å². The van der Waals surface area contributed by atoms with E-state index in [1.807, 2.05) is 0 Å². The zero-order valence-electron chi connectivity index (χ0n) is 10.7. The second-order valence-electron chi connectivity index (χ2n) is 4.20. The highest BCUT2D eigenvalue weighted by atomic mass is 32.2. The van der Waals surface area contributed by atoms with Gasteiger partial charge in [0, 0.05) is 6.54 Å².